The van der Waals surface area contributed by atoms with Gasteiger partial charge in [0.1, 0.15) is 0 Å². The molecule has 0 aromatic rings. The number of aliphatic carboxylic acids is 1. The molecule has 1 unspecified atom stereocenters. The van der Waals surface area contributed by atoms with E-state index < -0.39 is 5.97 Å². The fourth-order valence-electron chi connectivity index (χ4n) is 0.174. The van der Waals surface area contributed by atoms with E-state index in [-0.39, 0.29) is 12.7 Å². The molecular formula is C3H11N2O2P. The van der Waals surface area contributed by atoms with Crippen molar-refractivity contribution < 1.29 is 9.90 Å². The van der Waals surface area contributed by atoms with Crippen molar-refractivity contribution in [3.05, 3.63) is 0 Å². The van der Waals surface area contributed by atoms with Gasteiger partial charge >= 0.3 is 0 Å². The van der Waals surface area contributed by atoms with Gasteiger partial charge in [-0.15, -0.1) is 9.24 Å². The average molecular weight is 138 g/mol. The third-order valence-electron chi connectivity index (χ3n) is 0.414. The largest absolute Gasteiger partial charge is 0.549 e. The molecule has 50 valence electrons. The predicted octanol–water partition coefficient (Wildman–Crippen LogP) is -1.47. The molecule has 0 aromatic heterocycles. The fraction of sp³-hybridized carbons (Fsp3) is 0.667. The van der Waals surface area contributed by atoms with Crippen molar-refractivity contribution >= 4 is 15.2 Å². The average Bonchev–Trinajstić information content (AvgIpc) is 1.61. The van der Waals surface area contributed by atoms with Gasteiger partial charge in [0, 0.05) is 12.8 Å². The van der Waals surface area contributed by atoms with Crippen molar-refractivity contribution in [3.63, 3.8) is 0 Å². The lowest BCUT2D eigenvalue weighted by molar-refractivity contribution is -0.303. The Balaban J connectivity index is 0. The number of rotatable bonds is 3. The first-order valence-corrected chi connectivity index (χ1v) is 2.69. The highest BCUT2D eigenvalue weighted by atomic mass is 31.0. The Bertz CT molecular complexity index is 68.3. The Hall–Kier alpha value is -0.180. The number of carbonyl (C=O) groups excluding carboxylic acids is 1. The van der Waals surface area contributed by atoms with Crippen LogP contribution in [-0.2, 0) is 4.79 Å². The third kappa shape index (κ3) is 9.27. The standard InChI is InChI=1S/C3H8NO2P.H3N/c5-3(6)1-4-2-7;/h4H,1-2,7H2,(H,5,6);1H3. The number of carboxylic acid groups (broad SMARTS) is 1. The van der Waals surface area contributed by atoms with Gasteiger partial charge in [-0.2, -0.15) is 0 Å². The van der Waals surface area contributed by atoms with Crippen LogP contribution < -0.4 is 16.6 Å². The highest BCUT2D eigenvalue weighted by Crippen LogP contribution is 1.68. The first-order chi connectivity index (χ1) is 3.27. The lowest BCUT2D eigenvalue weighted by Gasteiger charge is -1.98. The summed E-state index contributed by atoms with van der Waals surface area (Å²) in [5.41, 5.74) is 0. The van der Waals surface area contributed by atoms with Crippen LogP contribution in [0.15, 0.2) is 0 Å². The maximum absolute atomic E-state index is 9.58. The van der Waals surface area contributed by atoms with Crippen LogP contribution in [0.2, 0.25) is 0 Å². The van der Waals surface area contributed by atoms with Crippen LogP contribution in [-0.4, -0.2) is 18.8 Å². The number of carbonyl (C=O) groups is 1. The molecule has 1 atom stereocenters. The van der Waals surface area contributed by atoms with Crippen LogP contribution in [0.4, 0.5) is 0 Å². The fourth-order valence-corrected chi connectivity index (χ4v) is 0.319. The van der Waals surface area contributed by atoms with Gasteiger partial charge in [0.25, 0.3) is 0 Å². The summed E-state index contributed by atoms with van der Waals surface area (Å²) in [6.07, 6.45) is 0.591. The Labute approximate surface area is 50.4 Å². The third-order valence-corrected chi connectivity index (χ3v) is 0.702. The summed E-state index contributed by atoms with van der Waals surface area (Å²) in [5, 5.41) is 12.1. The second-order valence-electron chi connectivity index (χ2n) is 1.00. The van der Waals surface area contributed by atoms with Crippen molar-refractivity contribution in [1.29, 1.82) is 0 Å². The zero-order valence-corrected chi connectivity index (χ0v) is 5.96. The summed E-state index contributed by atoms with van der Waals surface area (Å²) in [6, 6.07) is 0. The normalized spacial score (nSPS) is 7.62. The van der Waals surface area contributed by atoms with E-state index in [0.29, 0.717) is 6.29 Å². The van der Waals surface area contributed by atoms with E-state index in [9.17, 15) is 9.90 Å². The van der Waals surface area contributed by atoms with E-state index in [1.807, 2.05) is 0 Å². The first kappa shape index (κ1) is 10.7. The number of nitrogens with one attached hydrogen (secondary N) is 1. The highest BCUT2D eigenvalue weighted by Gasteiger charge is 1.77. The maximum Gasteiger partial charge on any atom is 0.0552 e. The Morgan fingerprint density at radius 1 is 1.75 bits per heavy atom. The van der Waals surface area contributed by atoms with Gasteiger partial charge in [-0.25, -0.2) is 0 Å². The molecule has 0 rings (SSSR count). The van der Waals surface area contributed by atoms with Gasteiger partial charge in [0.2, 0.25) is 0 Å². The predicted molar refractivity (Wildman–Crippen MR) is 33.6 cm³/mol. The Kier molecular flexibility index (Phi) is 9.15. The minimum absolute atomic E-state index is 0. The summed E-state index contributed by atoms with van der Waals surface area (Å²) in [6.45, 7) is -0.0660. The molecule has 5 heteroatoms. The number of carboxylic acids is 1. The van der Waals surface area contributed by atoms with Gasteiger partial charge in [0.15, 0.2) is 0 Å². The molecule has 8 heavy (non-hydrogen) atoms. The van der Waals surface area contributed by atoms with E-state index in [1.165, 1.54) is 0 Å². The van der Waals surface area contributed by atoms with Crippen LogP contribution in [0.1, 0.15) is 0 Å². The number of hydrogen-bond acceptors (Lipinski definition) is 3. The van der Waals surface area contributed by atoms with Crippen molar-refractivity contribution in [2.45, 2.75) is 0 Å². The van der Waals surface area contributed by atoms with Crippen LogP contribution in [0.5, 0.6) is 0 Å². The number of quaternary nitrogens is 1. The molecule has 0 fully saturated rings. The molecular weight excluding hydrogens is 127 g/mol. The molecule has 0 aliphatic heterocycles. The van der Waals surface area contributed by atoms with Gasteiger partial charge in [0.05, 0.1) is 5.97 Å². The number of hydrogen-bond donors (Lipinski definition) is 2. The Morgan fingerprint density at radius 2 is 2.25 bits per heavy atom. The highest BCUT2D eigenvalue weighted by molar-refractivity contribution is 7.16. The van der Waals surface area contributed by atoms with Gasteiger partial charge in [-0.3, -0.25) is 0 Å². The second kappa shape index (κ2) is 6.82. The molecule has 0 bridgehead atoms. The molecule has 0 aliphatic carbocycles. The minimum Gasteiger partial charge on any atom is -0.549 e. The zero-order valence-electron chi connectivity index (χ0n) is 4.81. The monoisotopic (exact) mass is 138 g/mol. The molecule has 0 saturated heterocycles. The van der Waals surface area contributed by atoms with Crippen molar-refractivity contribution in [2.24, 2.45) is 0 Å². The molecule has 0 amide bonds. The molecule has 0 heterocycles. The Morgan fingerprint density at radius 3 is 2.38 bits per heavy atom. The van der Waals surface area contributed by atoms with Crippen molar-refractivity contribution in [1.82, 2.24) is 11.5 Å². The van der Waals surface area contributed by atoms with Crippen molar-refractivity contribution in [3.8, 4) is 0 Å². The molecule has 5 N–H and O–H groups in total. The lowest BCUT2D eigenvalue weighted by Crippen LogP contribution is -2.33. The summed E-state index contributed by atoms with van der Waals surface area (Å²) >= 11 is 0. The summed E-state index contributed by atoms with van der Waals surface area (Å²) in [4.78, 5) is 9.58. The summed E-state index contributed by atoms with van der Waals surface area (Å²) in [7, 11) is 2.34. The van der Waals surface area contributed by atoms with Gasteiger partial charge in [-0.1, -0.05) is 0 Å². The molecule has 0 saturated carbocycles. The first-order valence-electron chi connectivity index (χ1n) is 1.88. The molecule has 0 spiro atoms. The van der Waals surface area contributed by atoms with Crippen LogP contribution in [0.3, 0.4) is 0 Å². The van der Waals surface area contributed by atoms with E-state index >= 15 is 0 Å². The topological polar surface area (TPSA) is 88.7 Å². The zero-order chi connectivity index (χ0) is 5.70. The minimum atomic E-state index is -1.07. The smallest absolute Gasteiger partial charge is 0.0552 e. The van der Waals surface area contributed by atoms with Crippen LogP contribution in [0, 0.1) is 0 Å². The van der Waals surface area contributed by atoms with Gasteiger partial charge < -0.3 is 21.4 Å². The van der Waals surface area contributed by atoms with Crippen LogP contribution >= 0.6 is 9.24 Å². The second-order valence-corrected chi connectivity index (χ2v) is 1.41. The van der Waals surface area contributed by atoms with E-state index in [1.54, 1.807) is 0 Å². The maximum atomic E-state index is 9.58. The SMILES string of the molecule is O=C([O-])CNCP.[NH4+]. The van der Waals surface area contributed by atoms with E-state index in [4.69, 9.17) is 0 Å². The quantitative estimate of drug-likeness (QED) is 0.467. The lowest BCUT2D eigenvalue weighted by atomic mass is 10.7. The van der Waals surface area contributed by atoms with E-state index in [2.05, 4.69) is 14.6 Å². The van der Waals surface area contributed by atoms with E-state index in [0.717, 1.165) is 0 Å². The summed E-state index contributed by atoms with van der Waals surface area (Å²) in [5.74, 6) is -1.07. The summed E-state index contributed by atoms with van der Waals surface area (Å²) < 4.78 is 0. The molecule has 0 aromatic carbocycles. The van der Waals surface area contributed by atoms with Crippen LogP contribution in [0.25, 0.3) is 0 Å². The molecule has 4 nitrogen and oxygen atoms in total. The molecule has 0 radical (unpaired) electrons. The molecule has 0 aliphatic rings. The van der Waals surface area contributed by atoms with Crippen molar-refractivity contribution in [2.75, 3.05) is 12.8 Å². The van der Waals surface area contributed by atoms with Gasteiger partial charge in [-0.05, 0) is 0 Å².